The second kappa shape index (κ2) is 9.90. The van der Waals surface area contributed by atoms with Gasteiger partial charge in [0.2, 0.25) is 27.8 Å². The Hall–Kier alpha value is -3.60. The molecule has 0 unspecified atom stereocenters. The fourth-order valence-electron chi connectivity index (χ4n) is 2.80. The maximum absolute atomic E-state index is 13.0. The topological polar surface area (TPSA) is 136 Å². The minimum atomic E-state index is -3.53. The lowest BCUT2D eigenvalue weighted by Crippen LogP contribution is -2.36. The van der Waals surface area contributed by atoms with Crippen molar-refractivity contribution in [2.45, 2.75) is 33.1 Å². The van der Waals surface area contributed by atoms with Gasteiger partial charge >= 0.3 is 0 Å². The summed E-state index contributed by atoms with van der Waals surface area (Å²) in [6.45, 7) is 7.28. The van der Waals surface area contributed by atoms with E-state index in [4.69, 9.17) is 4.74 Å². The number of aromatic nitrogens is 4. The third-order valence-corrected chi connectivity index (χ3v) is 6.09. The van der Waals surface area contributed by atoms with E-state index in [0.29, 0.717) is 29.6 Å². The van der Waals surface area contributed by atoms with Crippen LogP contribution >= 0.6 is 0 Å². The molecule has 2 heterocycles. The van der Waals surface area contributed by atoms with Gasteiger partial charge in [0.25, 0.3) is 0 Å². The number of anilines is 2. The summed E-state index contributed by atoms with van der Waals surface area (Å²) in [6, 6.07) is 8.75. The summed E-state index contributed by atoms with van der Waals surface area (Å²) in [5, 5.41) is 2.87. The Kier molecular flexibility index (Phi) is 7.22. The number of ether oxygens (including phenoxy) is 1. The molecule has 10 nitrogen and oxygen atoms in total. The molecule has 0 radical (unpaired) electrons. The second-order valence-corrected chi connectivity index (χ2v) is 9.61. The van der Waals surface area contributed by atoms with Crippen LogP contribution in [0.5, 0.6) is 5.88 Å². The van der Waals surface area contributed by atoms with Crippen molar-refractivity contribution in [3.8, 4) is 17.1 Å². The minimum Gasteiger partial charge on any atom is -0.477 e. The predicted molar refractivity (Wildman–Crippen MR) is 125 cm³/mol. The number of hydrogen-bond donors (Lipinski definition) is 2. The smallest absolute Gasteiger partial charge is 0.236 e. The van der Waals surface area contributed by atoms with E-state index < -0.39 is 15.4 Å². The van der Waals surface area contributed by atoms with Crippen molar-refractivity contribution >= 4 is 27.6 Å². The molecule has 0 saturated carbocycles. The summed E-state index contributed by atoms with van der Waals surface area (Å²) < 4.78 is 31.3. The monoisotopic (exact) mass is 470 g/mol. The highest BCUT2D eigenvalue weighted by Crippen LogP contribution is 2.26. The van der Waals surface area contributed by atoms with Gasteiger partial charge in [-0.05, 0) is 45.9 Å². The summed E-state index contributed by atoms with van der Waals surface area (Å²) in [7, 11) is -3.53. The standard InChI is InChI=1S/C22H26N6O4S/c1-5-32-19-14-23-13-17(26-19)15-7-9-16(10-8-15)25-20(29)22(3,4)18-11-12-24-21(27-18)28-33(30,31)6-2/h7-14H,5-6H2,1-4H3,(H,25,29)(H,24,27,28). The van der Waals surface area contributed by atoms with E-state index >= 15 is 0 Å². The summed E-state index contributed by atoms with van der Waals surface area (Å²) in [5.41, 5.74) is 1.40. The summed E-state index contributed by atoms with van der Waals surface area (Å²) >= 11 is 0. The maximum atomic E-state index is 13.0. The number of carbonyl (C=O) groups is 1. The van der Waals surface area contributed by atoms with Crippen LogP contribution in [0, 0.1) is 0 Å². The molecule has 0 atom stereocenters. The van der Waals surface area contributed by atoms with Crippen LogP contribution in [0.4, 0.5) is 11.6 Å². The second-order valence-electron chi connectivity index (χ2n) is 7.60. The van der Waals surface area contributed by atoms with E-state index in [9.17, 15) is 13.2 Å². The van der Waals surface area contributed by atoms with Crippen LogP contribution in [0.3, 0.4) is 0 Å². The molecule has 174 valence electrons. The molecule has 0 saturated heterocycles. The lowest BCUT2D eigenvalue weighted by atomic mass is 9.88. The van der Waals surface area contributed by atoms with Crippen molar-refractivity contribution in [1.29, 1.82) is 0 Å². The number of sulfonamides is 1. The zero-order valence-electron chi connectivity index (χ0n) is 18.9. The summed E-state index contributed by atoms with van der Waals surface area (Å²) in [6.07, 6.45) is 4.60. The minimum absolute atomic E-state index is 0.0741. The molecule has 0 spiro atoms. The Bertz CT molecular complexity index is 1230. The Balaban J connectivity index is 1.75. The molecule has 0 fully saturated rings. The Morgan fingerprint density at radius 3 is 2.45 bits per heavy atom. The fraction of sp³-hybridized carbons (Fsp3) is 0.318. The third kappa shape index (κ3) is 6.01. The van der Waals surface area contributed by atoms with E-state index in [1.165, 1.54) is 13.1 Å². The number of nitrogens with one attached hydrogen (secondary N) is 2. The van der Waals surface area contributed by atoms with Gasteiger partial charge < -0.3 is 10.1 Å². The Morgan fingerprint density at radius 2 is 1.79 bits per heavy atom. The van der Waals surface area contributed by atoms with Gasteiger partial charge in [-0.2, -0.15) is 0 Å². The molecule has 0 bridgehead atoms. The first-order valence-electron chi connectivity index (χ1n) is 10.4. The van der Waals surface area contributed by atoms with Crippen LogP contribution in [0.1, 0.15) is 33.4 Å². The first-order valence-corrected chi connectivity index (χ1v) is 12.0. The maximum Gasteiger partial charge on any atom is 0.236 e. The molecule has 2 aromatic heterocycles. The van der Waals surface area contributed by atoms with Gasteiger partial charge in [0.1, 0.15) is 0 Å². The van der Waals surface area contributed by atoms with Crippen molar-refractivity contribution in [2.75, 3.05) is 22.4 Å². The lowest BCUT2D eigenvalue weighted by Gasteiger charge is -2.23. The molecular formula is C22H26N6O4S. The van der Waals surface area contributed by atoms with Gasteiger partial charge in [0.05, 0.1) is 41.6 Å². The van der Waals surface area contributed by atoms with Crippen molar-refractivity contribution < 1.29 is 17.9 Å². The summed E-state index contributed by atoms with van der Waals surface area (Å²) in [4.78, 5) is 29.7. The third-order valence-electron chi connectivity index (χ3n) is 4.83. The van der Waals surface area contributed by atoms with Gasteiger partial charge in [-0.15, -0.1) is 0 Å². The van der Waals surface area contributed by atoms with Gasteiger partial charge in [0.15, 0.2) is 0 Å². The van der Waals surface area contributed by atoms with Crippen LogP contribution < -0.4 is 14.8 Å². The van der Waals surface area contributed by atoms with Crippen LogP contribution in [-0.2, 0) is 20.2 Å². The number of rotatable bonds is 9. The van der Waals surface area contributed by atoms with E-state index in [-0.39, 0.29) is 17.6 Å². The Morgan fingerprint density at radius 1 is 1.06 bits per heavy atom. The van der Waals surface area contributed by atoms with Gasteiger partial charge in [-0.25, -0.2) is 23.4 Å². The molecule has 1 amide bonds. The molecule has 3 rings (SSSR count). The molecular weight excluding hydrogens is 444 g/mol. The zero-order valence-corrected chi connectivity index (χ0v) is 19.7. The average molecular weight is 471 g/mol. The quantitative estimate of drug-likeness (QED) is 0.487. The van der Waals surface area contributed by atoms with Crippen LogP contribution in [-0.4, -0.2) is 46.6 Å². The van der Waals surface area contributed by atoms with E-state index in [2.05, 4.69) is 30.0 Å². The molecule has 0 aliphatic rings. The van der Waals surface area contributed by atoms with Gasteiger partial charge in [-0.1, -0.05) is 12.1 Å². The average Bonchev–Trinajstić information content (AvgIpc) is 2.80. The number of hydrogen-bond acceptors (Lipinski definition) is 8. The van der Waals surface area contributed by atoms with Crippen LogP contribution in [0.2, 0.25) is 0 Å². The first kappa shape index (κ1) is 24.1. The SMILES string of the molecule is CCOc1cncc(-c2ccc(NC(=O)C(C)(C)c3ccnc(NS(=O)(=O)CC)n3)cc2)n1. The highest BCUT2D eigenvalue weighted by molar-refractivity contribution is 7.92. The predicted octanol–water partition coefficient (Wildman–Crippen LogP) is 3.01. The molecule has 0 aliphatic heterocycles. The zero-order chi connectivity index (χ0) is 24.1. The fourth-order valence-corrected chi connectivity index (χ4v) is 3.32. The van der Waals surface area contributed by atoms with Gasteiger partial charge in [0, 0.05) is 17.4 Å². The highest BCUT2D eigenvalue weighted by Gasteiger charge is 2.32. The lowest BCUT2D eigenvalue weighted by molar-refractivity contribution is -0.120. The molecule has 11 heteroatoms. The van der Waals surface area contributed by atoms with E-state index in [1.807, 2.05) is 19.1 Å². The van der Waals surface area contributed by atoms with Crippen molar-refractivity contribution in [1.82, 2.24) is 19.9 Å². The van der Waals surface area contributed by atoms with Crippen LogP contribution in [0.15, 0.2) is 48.9 Å². The largest absolute Gasteiger partial charge is 0.477 e. The first-order chi connectivity index (χ1) is 15.6. The van der Waals surface area contributed by atoms with Crippen LogP contribution in [0.25, 0.3) is 11.3 Å². The summed E-state index contributed by atoms with van der Waals surface area (Å²) in [5.74, 6) is -0.0481. The highest BCUT2D eigenvalue weighted by atomic mass is 32.2. The number of nitrogens with zero attached hydrogens (tertiary/aromatic N) is 4. The van der Waals surface area contributed by atoms with E-state index in [1.54, 1.807) is 44.4 Å². The number of carbonyl (C=O) groups excluding carboxylic acids is 1. The van der Waals surface area contributed by atoms with E-state index in [0.717, 1.165) is 5.56 Å². The molecule has 3 aromatic rings. The Labute approximate surface area is 192 Å². The number of amides is 1. The van der Waals surface area contributed by atoms with Crippen molar-refractivity contribution in [3.05, 3.63) is 54.6 Å². The molecule has 0 aliphatic carbocycles. The van der Waals surface area contributed by atoms with Gasteiger partial charge in [-0.3, -0.25) is 14.5 Å². The van der Waals surface area contributed by atoms with Crippen molar-refractivity contribution in [2.24, 2.45) is 0 Å². The molecule has 33 heavy (non-hydrogen) atoms. The normalized spacial score (nSPS) is 11.6. The molecule has 1 aromatic carbocycles. The number of benzene rings is 1. The van der Waals surface area contributed by atoms with Crippen molar-refractivity contribution in [3.63, 3.8) is 0 Å². The molecule has 2 N–H and O–H groups in total.